The molecular weight excluding hydrogens is 236 g/mol. The highest BCUT2D eigenvalue weighted by molar-refractivity contribution is 5.94. The van der Waals surface area contributed by atoms with E-state index >= 15 is 0 Å². The van der Waals surface area contributed by atoms with Crippen molar-refractivity contribution in [3.63, 3.8) is 0 Å². The number of hydrogen-bond donors (Lipinski definition) is 1. The predicted molar refractivity (Wildman–Crippen MR) is 76.2 cm³/mol. The molecule has 2 fully saturated rings. The van der Waals surface area contributed by atoms with Gasteiger partial charge in [-0.05, 0) is 51.8 Å². The molecule has 3 heteroatoms. The van der Waals surface area contributed by atoms with E-state index in [2.05, 4.69) is 17.3 Å². The minimum absolute atomic E-state index is 0.0812. The zero-order chi connectivity index (χ0) is 13.4. The third-order valence-corrected chi connectivity index (χ3v) is 4.71. The number of benzene rings is 1. The zero-order valence-electron chi connectivity index (χ0n) is 11.7. The molecule has 2 saturated heterocycles. The molecule has 2 aliphatic rings. The third kappa shape index (κ3) is 2.52. The summed E-state index contributed by atoms with van der Waals surface area (Å²) >= 11 is 0. The maximum absolute atomic E-state index is 12.3. The molecule has 102 valence electrons. The maximum atomic E-state index is 12.3. The SMILES string of the molecule is Cc1cccc(C(=O)NC2C[C@H]3CC[C@@H](C2)N3C)c1. The number of fused-ring (bicyclic) bond motifs is 2. The molecule has 1 amide bonds. The Labute approximate surface area is 115 Å². The molecule has 1 aromatic rings. The van der Waals surface area contributed by atoms with Gasteiger partial charge in [-0.3, -0.25) is 4.79 Å². The van der Waals surface area contributed by atoms with E-state index in [1.165, 1.54) is 12.8 Å². The van der Waals surface area contributed by atoms with Crippen LogP contribution in [-0.4, -0.2) is 36.0 Å². The van der Waals surface area contributed by atoms with Crippen LogP contribution in [0.2, 0.25) is 0 Å². The van der Waals surface area contributed by atoms with Crippen LogP contribution in [0, 0.1) is 6.92 Å². The van der Waals surface area contributed by atoms with Crippen molar-refractivity contribution in [1.82, 2.24) is 10.2 Å². The number of aryl methyl sites for hydroxylation is 1. The summed E-state index contributed by atoms with van der Waals surface area (Å²) in [4.78, 5) is 14.8. The fourth-order valence-electron chi connectivity index (χ4n) is 3.58. The summed E-state index contributed by atoms with van der Waals surface area (Å²) in [5, 5.41) is 3.22. The van der Waals surface area contributed by atoms with E-state index in [-0.39, 0.29) is 5.91 Å². The molecule has 19 heavy (non-hydrogen) atoms. The fourth-order valence-corrected chi connectivity index (χ4v) is 3.58. The first-order valence-corrected chi connectivity index (χ1v) is 7.23. The average molecular weight is 258 g/mol. The first kappa shape index (κ1) is 12.7. The van der Waals surface area contributed by atoms with Crippen LogP contribution in [0.15, 0.2) is 24.3 Å². The molecule has 0 saturated carbocycles. The average Bonchev–Trinajstić information content (AvgIpc) is 2.62. The van der Waals surface area contributed by atoms with Gasteiger partial charge in [-0.2, -0.15) is 0 Å². The molecule has 2 heterocycles. The van der Waals surface area contributed by atoms with E-state index in [9.17, 15) is 4.79 Å². The molecule has 2 aliphatic heterocycles. The second kappa shape index (κ2) is 4.97. The summed E-state index contributed by atoms with van der Waals surface area (Å²) in [6.07, 6.45) is 4.78. The molecule has 3 atom stereocenters. The van der Waals surface area contributed by atoms with Gasteiger partial charge < -0.3 is 10.2 Å². The van der Waals surface area contributed by atoms with Gasteiger partial charge >= 0.3 is 0 Å². The van der Waals surface area contributed by atoms with Crippen LogP contribution in [0.4, 0.5) is 0 Å². The normalized spacial score (nSPS) is 30.3. The van der Waals surface area contributed by atoms with Crippen LogP contribution in [0.1, 0.15) is 41.6 Å². The first-order chi connectivity index (χ1) is 9.13. The zero-order valence-corrected chi connectivity index (χ0v) is 11.7. The molecular formula is C16H22N2O. The van der Waals surface area contributed by atoms with Crippen molar-refractivity contribution in [1.29, 1.82) is 0 Å². The van der Waals surface area contributed by atoms with Gasteiger partial charge in [0.15, 0.2) is 0 Å². The molecule has 0 aromatic heterocycles. The van der Waals surface area contributed by atoms with Crippen molar-refractivity contribution in [2.75, 3.05) is 7.05 Å². The maximum Gasteiger partial charge on any atom is 0.251 e. The number of nitrogens with zero attached hydrogens (tertiary/aromatic N) is 1. The molecule has 3 rings (SSSR count). The molecule has 0 aliphatic carbocycles. The molecule has 1 aromatic carbocycles. The number of rotatable bonds is 2. The Hall–Kier alpha value is -1.35. The summed E-state index contributed by atoms with van der Waals surface area (Å²) in [6.45, 7) is 2.02. The van der Waals surface area contributed by atoms with Crippen LogP contribution in [0.3, 0.4) is 0 Å². The van der Waals surface area contributed by atoms with Crippen LogP contribution in [0.5, 0.6) is 0 Å². The van der Waals surface area contributed by atoms with Crippen molar-refractivity contribution < 1.29 is 4.79 Å². The Morgan fingerprint density at radius 3 is 2.58 bits per heavy atom. The lowest BCUT2D eigenvalue weighted by Crippen LogP contribution is -2.48. The standard InChI is InChI=1S/C16H22N2O/c1-11-4-3-5-12(8-11)16(19)17-13-9-14-6-7-15(10-13)18(14)2/h3-5,8,13-15H,6-7,9-10H2,1-2H3,(H,17,19)/t13?,14-,15+. The quantitative estimate of drug-likeness (QED) is 0.883. The van der Waals surface area contributed by atoms with Gasteiger partial charge in [-0.25, -0.2) is 0 Å². The number of hydrogen-bond acceptors (Lipinski definition) is 2. The smallest absolute Gasteiger partial charge is 0.251 e. The summed E-state index contributed by atoms with van der Waals surface area (Å²) in [7, 11) is 2.22. The minimum Gasteiger partial charge on any atom is -0.349 e. The van der Waals surface area contributed by atoms with E-state index in [0.29, 0.717) is 18.1 Å². The van der Waals surface area contributed by atoms with E-state index in [0.717, 1.165) is 24.0 Å². The molecule has 1 N–H and O–H groups in total. The fraction of sp³-hybridized carbons (Fsp3) is 0.562. The summed E-state index contributed by atoms with van der Waals surface area (Å²) < 4.78 is 0. The number of carbonyl (C=O) groups is 1. The van der Waals surface area contributed by atoms with Crippen LogP contribution < -0.4 is 5.32 Å². The van der Waals surface area contributed by atoms with Crippen molar-refractivity contribution in [2.24, 2.45) is 0 Å². The lowest BCUT2D eigenvalue weighted by atomic mass is 9.97. The predicted octanol–water partition coefficient (Wildman–Crippen LogP) is 2.35. The minimum atomic E-state index is 0.0812. The van der Waals surface area contributed by atoms with Crippen molar-refractivity contribution in [3.05, 3.63) is 35.4 Å². The largest absolute Gasteiger partial charge is 0.349 e. The second-order valence-corrected chi connectivity index (χ2v) is 6.06. The second-order valence-electron chi connectivity index (χ2n) is 6.06. The highest BCUT2D eigenvalue weighted by atomic mass is 16.1. The van der Waals surface area contributed by atoms with Gasteiger partial charge in [-0.1, -0.05) is 17.7 Å². The monoisotopic (exact) mass is 258 g/mol. The first-order valence-electron chi connectivity index (χ1n) is 7.23. The Morgan fingerprint density at radius 2 is 1.95 bits per heavy atom. The van der Waals surface area contributed by atoms with Crippen molar-refractivity contribution >= 4 is 5.91 Å². The van der Waals surface area contributed by atoms with Crippen LogP contribution in [0.25, 0.3) is 0 Å². The van der Waals surface area contributed by atoms with Gasteiger partial charge in [0.1, 0.15) is 0 Å². The third-order valence-electron chi connectivity index (χ3n) is 4.71. The molecule has 3 nitrogen and oxygen atoms in total. The van der Waals surface area contributed by atoms with Crippen molar-refractivity contribution in [2.45, 2.75) is 50.7 Å². The van der Waals surface area contributed by atoms with E-state index in [1.54, 1.807) is 0 Å². The highest BCUT2D eigenvalue weighted by Gasteiger charge is 2.38. The van der Waals surface area contributed by atoms with E-state index in [1.807, 2.05) is 31.2 Å². The van der Waals surface area contributed by atoms with Gasteiger partial charge in [0, 0.05) is 23.7 Å². The summed E-state index contributed by atoms with van der Waals surface area (Å²) in [5.74, 6) is 0.0812. The van der Waals surface area contributed by atoms with Gasteiger partial charge in [0.05, 0.1) is 0 Å². The Morgan fingerprint density at radius 1 is 1.26 bits per heavy atom. The Kier molecular flexibility index (Phi) is 3.31. The molecule has 0 spiro atoms. The Balaban J connectivity index is 1.65. The Bertz CT molecular complexity index is 471. The summed E-state index contributed by atoms with van der Waals surface area (Å²) in [6, 6.07) is 9.50. The highest BCUT2D eigenvalue weighted by Crippen LogP contribution is 2.34. The van der Waals surface area contributed by atoms with Crippen LogP contribution >= 0.6 is 0 Å². The van der Waals surface area contributed by atoms with Crippen LogP contribution in [-0.2, 0) is 0 Å². The van der Waals surface area contributed by atoms with Crippen molar-refractivity contribution in [3.8, 4) is 0 Å². The lowest BCUT2D eigenvalue weighted by molar-refractivity contribution is 0.0882. The summed E-state index contributed by atoms with van der Waals surface area (Å²) in [5.41, 5.74) is 1.92. The van der Waals surface area contributed by atoms with E-state index < -0.39 is 0 Å². The topological polar surface area (TPSA) is 32.3 Å². The van der Waals surface area contributed by atoms with Gasteiger partial charge in [0.25, 0.3) is 5.91 Å². The number of nitrogens with one attached hydrogen (secondary N) is 1. The van der Waals surface area contributed by atoms with E-state index in [4.69, 9.17) is 0 Å². The molecule has 2 bridgehead atoms. The number of amides is 1. The number of piperidine rings is 1. The number of carbonyl (C=O) groups excluding carboxylic acids is 1. The van der Waals surface area contributed by atoms with Gasteiger partial charge in [0.2, 0.25) is 0 Å². The molecule has 0 radical (unpaired) electrons. The van der Waals surface area contributed by atoms with Gasteiger partial charge in [-0.15, -0.1) is 0 Å². The molecule has 1 unspecified atom stereocenters. The lowest BCUT2D eigenvalue weighted by Gasteiger charge is -2.36.